The van der Waals surface area contributed by atoms with Gasteiger partial charge in [-0.3, -0.25) is 9.78 Å². The number of nitrogens with zero attached hydrogens (tertiary/aromatic N) is 5. The minimum absolute atomic E-state index is 0.105. The van der Waals surface area contributed by atoms with Crippen molar-refractivity contribution in [1.29, 1.82) is 0 Å². The summed E-state index contributed by atoms with van der Waals surface area (Å²) in [6.07, 6.45) is 4.45. The molecule has 1 atom stereocenters. The molecular weight excluding hydrogens is 380 g/mol. The molecule has 0 aliphatic carbocycles. The molecule has 1 aliphatic rings. The standard InChI is InChI=1S/C22H22N6O2/c29-20(11-10-19-26-22(27-30-19)18-9-3-4-12-23-18)28-13-5-6-15(14-28)21-24-16-7-1-2-8-17(16)25-21/h1-4,7-9,12,15H,5-6,10-11,13-14H2,(H,24,25)/t15-/m1/s1. The Bertz CT molecular complexity index is 1120. The second-order valence-corrected chi connectivity index (χ2v) is 7.54. The first-order chi connectivity index (χ1) is 14.8. The number of aromatic amines is 1. The predicted molar refractivity (Wildman–Crippen MR) is 110 cm³/mol. The lowest BCUT2D eigenvalue weighted by Crippen LogP contribution is -2.39. The predicted octanol–water partition coefficient (Wildman–Crippen LogP) is 3.35. The van der Waals surface area contributed by atoms with Crippen molar-refractivity contribution >= 4 is 16.9 Å². The summed E-state index contributed by atoms with van der Waals surface area (Å²) in [4.78, 5) is 31.4. The second-order valence-electron chi connectivity index (χ2n) is 7.54. The molecule has 152 valence electrons. The highest BCUT2D eigenvalue weighted by molar-refractivity contribution is 5.77. The zero-order valence-electron chi connectivity index (χ0n) is 16.5. The summed E-state index contributed by atoms with van der Waals surface area (Å²) >= 11 is 0. The Morgan fingerprint density at radius 1 is 1.17 bits per heavy atom. The highest BCUT2D eigenvalue weighted by Crippen LogP contribution is 2.27. The van der Waals surface area contributed by atoms with E-state index in [1.165, 1.54) is 0 Å². The number of carbonyl (C=O) groups is 1. The number of pyridine rings is 1. The SMILES string of the molecule is O=C(CCc1nc(-c2ccccn2)no1)N1CCC[C@@H](c2nc3ccccc3[nH]2)C1. The Labute approximate surface area is 173 Å². The number of aryl methyl sites for hydroxylation is 1. The Hall–Kier alpha value is -3.55. The number of para-hydroxylation sites is 2. The molecule has 8 nitrogen and oxygen atoms in total. The van der Waals surface area contributed by atoms with Gasteiger partial charge in [0.05, 0.1) is 11.0 Å². The number of hydrogen-bond acceptors (Lipinski definition) is 6. The van der Waals surface area contributed by atoms with Gasteiger partial charge in [-0.15, -0.1) is 0 Å². The van der Waals surface area contributed by atoms with Crippen LogP contribution in [0.5, 0.6) is 0 Å². The van der Waals surface area contributed by atoms with Crippen LogP contribution < -0.4 is 0 Å². The first-order valence-electron chi connectivity index (χ1n) is 10.2. The fourth-order valence-electron chi connectivity index (χ4n) is 3.92. The molecule has 3 aromatic heterocycles. The van der Waals surface area contributed by atoms with E-state index in [0.717, 1.165) is 36.2 Å². The van der Waals surface area contributed by atoms with Crippen molar-refractivity contribution in [1.82, 2.24) is 30.0 Å². The molecule has 0 saturated carbocycles. The van der Waals surface area contributed by atoms with E-state index in [4.69, 9.17) is 9.51 Å². The smallest absolute Gasteiger partial charge is 0.227 e. The summed E-state index contributed by atoms with van der Waals surface area (Å²) < 4.78 is 5.29. The molecule has 4 aromatic rings. The molecule has 0 bridgehead atoms. The van der Waals surface area contributed by atoms with Crippen LogP contribution in [0.15, 0.2) is 53.2 Å². The van der Waals surface area contributed by atoms with Crippen LogP contribution in [0.3, 0.4) is 0 Å². The number of likely N-dealkylation sites (tertiary alicyclic amines) is 1. The first kappa shape index (κ1) is 18.5. The molecule has 0 spiro atoms. The van der Waals surface area contributed by atoms with Crippen molar-refractivity contribution in [2.24, 2.45) is 0 Å². The summed E-state index contributed by atoms with van der Waals surface area (Å²) in [6, 6.07) is 13.5. The quantitative estimate of drug-likeness (QED) is 0.549. The molecule has 8 heteroatoms. The first-order valence-corrected chi connectivity index (χ1v) is 10.2. The van der Waals surface area contributed by atoms with Gasteiger partial charge in [0.15, 0.2) is 0 Å². The van der Waals surface area contributed by atoms with Crippen molar-refractivity contribution < 1.29 is 9.32 Å². The lowest BCUT2D eigenvalue weighted by atomic mass is 9.97. The fraction of sp³-hybridized carbons (Fsp3) is 0.318. The molecule has 1 aliphatic heterocycles. The number of nitrogens with one attached hydrogen (secondary N) is 1. The number of imidazole rings is 1. The van der Waals surface area contributed by atoms with E-state index in [1.54, 1.807) is 6.20 Å². The van der Waals surface area contributed by atoms with Gasteiger partial charge in [-0.1, -0.05) is 23.4 Å². The van der Waals surface area contributed by atoms with Gasteiger partial charge in [-0.05, 0) is 37.1 Å². The third kappa shape index (κ3) is 3.80. The van der Waals surface area contributed by atoms with E-state index in [-0.39, 0.29) is 11.8 Å². The number of fused-ring (bicyclic) bond motifs is 1. The number of amides is 1. The molecule has 1 aromatic carbocycles. The van der Waals surface area contributed by atoms with Gasteiger partial charge in [-0.2, -0.15) is 4.98 Å². The van der Waals surface area contributed by atoms with Crippen molar-refractivity contribution in [3.8, 4) is 11.5 Å². The Morgan fingerprint density at radius 3 is 2.93 bits per heavy atom. The third-order valence-electron chi connectivity index (χ3n) is 5.48. The highest BCUT2D eigenvalue weighted by Gasteiger charge is 2.27. The van der Waals surface area contributed by atoms with Crippen LogP contribution in [-0.4, -0.2) is 49.0 Å². The Morgan fingerprint density at radius 2 is 2.07 bits per heavy atom. The van der Waals surface area contributed by atoms with Crippen LogP contribution in [0.25, 0.3) is 22.6 Å². The van der Waals surface area contributed by atoms with Gasteiger partial charge in [0.25, 0.3) is 0 Å². The van der Waals surface area contributed by atoms with Crippen LogP contribution in [-0.2, 0) is 11.2 Å². The molecule has 1 fully saturated rings. The summed E-state index contributed by atoms with van der Waals surface area (Å²) in [6.45, 7) is 1.46. The highest BCUT2D eigenvalue weighted by atomic mass is 16.5. The van der Waals surface area contributed by atoms with E-state index >= 15 is 0 Å². The minimum Gasteiger partial charge on any atom is -0.342 e. The Balaban J connectivity index is 1.20. The maximum Gasteiger partial charge on any atom is 0.227 e. The molecule has 0 radical (unpaired) electrons. The lowest BCUT2D eigenvalue weighted by molar-refractivity contribution is -0.132. The summed E-state index contributed by atoms with van der Waals surface area (Å²) in [5.74, 6) is 2.20. The Kier molecular flexibility index (Phi) is 4.96. The summed E-state index contributed by atoms with van der Waals surface area (Å²) in [7, 11) is 0. The number of aromatic nitrogens is 5. The number of H-pyrrole nitrogens is 1. The van der Waals surface area contributed by atoms with Gasteiger partial charge in [-0.25, -0.2) is 4.98 Å². The zero-order valence-corrected chi connectivity index (χ0v) is 16.5. The zero-order chi connectivity index (χ0) is 20.3. The maximum absolute atomic E-state index is 12.8. The maximum atomic E-state index is 12.8. The fourth-order valence-corrected chi connectivity index (χ4v) is 3.92. The number of piperidine rings is 1. The number of benzene rings is 1. The van der Waals surface area contributed by atoms with Crippen LogP contribution in [0.2, 0.25) is 0 Å². The van der Waals surface area contributed by atoms with E-state index in [2.05, 4.69) is 20.1 Å². The molecule has 0 unspecified atom stereocenters. The van der Waals surface area contributed by atoms with Gasteiger partial charge in [0, 0.05) is 38.0 Å². The van der Waals surface area contributed by atoms with Crippen molar-refractivity contribution in [3.63, 3.8) is 0 Å². The molecule has 1 saturated heterocycles. The monoisotopic (exact) mass is 402 g/mol. The topological polar surface area (TPSA) is 101 Å². The van der Waals surface area contributed by atoms with Crippen LogP contribution in [0, 0.1) is 0 Å². The van der Waals surface area contributed by atoms with E-state index in [0.29, 0.717) is 36.8 Å². The van der Waals surface area contributed by atoms with Gasteiger partial charge in [0.1, 0.15) is 11.5 Å². The van der Waals surface area contributed by atoms with Gasteiger partial charge < -0.3 is 14.4 Å². The van der Waals surface area contributed by atoms with Crippen LogP contribution in [0.4, 0.5) is 0 Å². The second kappa shape index (κ2) is 8.06. The lowest BCUT2D eigenvalue weighted by Gasteiger charge is -2.31. The van der Waals surface area contributed by atoms with Gasteiger partial charge >= 0.3 is 0 Å². The molecule has 4 heterocycles. The molecule has 1 amide bonds. The van der Waals surface area contributed by atoms with Crippen LogP contribution >= 0.6 is 0 Å². The number of rotatable bonds is 5. The van der Waals surface area contributed by atoms with E-state index in [9.17, 15) is 4.79 Å². The number of carbonyl (C=O) groups excluding carboxylic acids is 1. The van der Waals surface area contributed by atoms with Crippen molar-refractivity contribution in [2.75, 3.05) is 13.1 Å². The van der Waals surface area contributed by atoms with Crippen molar-refractivity contribution in [3.05, 3.63) is 60.4 Å². The van der Waals surface area contributed by atoms with Crippen molar-refractivity contribution in [2.45, 2.75) is 31.6 Å². The summed E-state index contributed by atoms with van der Waals surface area (Å²) in [5, 5.41) is 3.96. The van der Waals surface area contributed by atoms with E-state index < -0.39 is 0 Å². The normalized spacial score (nSPS) is 16.8. The molecule has 30 heavy (non-hydrogen) atoms. The minimum atomic E-state index is 0.105. The molecule has 5 rings (SSSR count). The average molecular weight is 402 g/mol. The van der Waals surface area contributed by atoms with Gasteiger partial charge in [0.2, 0.25) is 17.6 Å². The molecular formula is C22H22N6O2. The number of hydrogen-bond donors (Lipinski definition) is 1. The van der Waals surface area contributed by atoms with E-state index in [1.807, 2.05) is 47.4 Å². The third-order valence-corrected chi connectivity index (χ3v) is 5.48. The summed E-state index contributed by atoms with van der Waals surface area (Å²) in [5.41, 5.74) is 2.66. The van der Waals surface area contributed by atoms with Crippen LogP contribution in [0.1, 0.15) is 36.9 Å². The molecule has 1 N–H and O–H groups in total. The average Bonchev–Trinajstić information content (AvgIpc) is 3.45. The largest absolute Gasteiger partial charge is 0.342 e.